The van der Waals surface area contributed by atoms with Gasteiger partial charge in [-0.15, -0.1) is 11.3 Å². The molecule has 0 saturated carbocycles. The predicted molar refractivity (Wildman–Crippen MR) is 102 cm³/mol. The molecule has 0 aliphatic carbocycles. The third kappa shape index (κ3) is 3.34. The van der Waals surface area contributed by atoms with Crippen LogP contribution in [0.5, 0.6) is 0 Å². The molecule has 0 spiro atoms. The van der Waals surface area contributed by atoms with Crippen molar-refractivity contribution in [2.24, 2.45) is 0 Å². The molecular formula is C19H13FN4O2S. The third-order valence-electron chi connectivity index (χ3n) is 3.97. The van der Waals surface area contributed by atoms with Crippen molar-refractivity contribution in [2.45, 2.75) is 0 Å². The summed E-state index contributed by atoms with van der Waals surface area (Å²) in [7, 11) is 0. The van der Waals surface area contributed by atoms with Crippen LogP contribution in [0, 0.1) is 5.82 Å². The summed E-state index contributed by atoms with van der Waals surface area (Å²) >= 11 is 1.46. The molecule has 0 radical (unpaired) electrons. The molecule has 0 fully saturated rings. The van der Waals surface area contributed by atoms with Crippen molar-refractivity contribution in [3.05, 3.63) is 60.9 Å². The molecule has 1 aromatic carbocycles. The Morgan fingerprint density at radius 1 is 1.07 bits per heavy atom. The number of rotatable bonds is 5. The van der Waals surface area contributed by atoms with E-state index in [2.05, 4.69) is 20.3 Å². The van der Waals surface area contributed by atoms with Crippen molar-refractivity contribution in [1.29, 1.82) is 0 Å². The number of aliphatic carboxylic acids is 1. The highest BCUT2D eigenvalue weighted by atomic mass is 32.1. The highest BCUT2D eigenvalue weighted by molar-refractivity contribution is 7.22. The second-order valence-corrected chi connectivity index (χ2v) is 6.70. The number of nitrogens with one attached hydrogen (secondary N) is 1. The minimum atomic E-state index is -0.991. The zero-order valence-electron chi connectivity index (χ0n) is 13.9. The zero-order valence-corrected chi connectivity index (χ0v) is 14.7. The molecule has 2 N–H and O–H groups in total. The topological polar surface area (TPSA) is 88.0 Å². The lowest BCUT2D eigenvalue weighted by molar-refractivity contribution is -0.134. The Morgan fingerprint density at radius 2 is 1.81 bits per heavy atom. The quantitative estimate of drug-likeness (QED) is 0.543. The number of anilines is 1. The van der Waals surface area contributed by atoms with E-state index in [4.69, 9.17) is 5.11 Å². The molecule has 0 amide bonds. The van der Waals surface area contributed by atoms with E-state index in [-0.39, 0.29) is 12.4 Å². The van der Waals surface area contributed by atoms with Gasteiger partial charge in [0.1, 0.15) is 29.3 Å². The van der Waals surface area contributed by atoms with Gasteiger partial charge in [0.2, 0.25) is 0 Å². The predicted octanol–water partition coefficient (Wildman–Crippen LogP) is 4.06. The van der Waals surface area contributed by atoms with E-state index in [1.54, 1.807) is 24.5 Å². The summed E-state index contributed by atoms with van der Waals surface area (Å²) in [5.74, 6) is -0.891. The van der Waals surface area contributed by atoms with Crippen LogP contribution in [0.4, 0.5) is 10.2 Å². The summed E-state index contributed by atoms with van der Waals surface area (Å²) in [6.45, 7) is -0.268. The number of nitrogens with zero attached hydrogens (tertiary/aromatic N) is 3. The molecule has 0 saturated heterocycles. The normalized spacial score (nSPS) is 10.9. The summed E-state index contributed by atoms with van der Waals surface area (Å²) in [5.41, 5.74) is 2.56. The monoisotopic (exact) mass is 380 g/mol. The lowest BCUT2D eigenvalue weighted by Crippen LogP contribution is -2.13. The maximum Gasteiger partial charge on any atom is 0.322 e. The number of aromatic nitrogens is 3. The smallest absolute Gasteiger partial charge is 0.322 e. The van der Waals surface area contributed by atoms with Gasteiger partial charge < -0.3 is 10.4 Å². The molecule has 0 aliphatic heterocycles. The molecule has 4 aromatic rings. The average Bonchev–Trinajstić information content (AvgIpc) is 3.08. The molecule has 3 heterocycles. The van der Waals surface area contributed by atoms with Crippen molar-refractivity contribution in [1.82, 2.24) is 15.0 Å². The number of pyridine rings is 1. The Morgan fingerprint density at radius 3 is 2.52 bits per heavy atom. The van der Waals surface area contributed by atoms with Crippen molar-refractivity contribution in [3.63, 3.8) is 0 Å². The van der Waals surface area contributed by atoms with Crippen LogP contribution in [0.25, 0.3) is 31.8 Å². The number of halogens is 1. The Hall–Kier alpha value is -3.39. The second kappa shape index (κ2) is 7.08. The Kier molecular flexibility index (Phi) is 4.47. The fourth-order valence-corrected chi connectivity index (χ4v) is 4.00. The van der Waals surface area contributed by atoms with Crippen LogP contribution in [-0.4, -0.2) is 32.6 Å². The minimum absolute atomic E-state index is 0.268. The number of hydrogen-bond acceptors (Lipinski definition) is 6. The SMILES string of the molecule is O=C(O)CNc1ncnc2sc(-c3ccncc3)c(-c3ccc(F)cc3)c12. The summed E-state index contributed by atoms with van der Waals surface area (Å²) in [6.07, 6.45) is 4.79. The van der Waals surface area contributed by atoms with Gasteiger partial charge in [0, 0.05) is 22.8 Å². The highest BCUT2D eigenvalue weighted by Crippen LogP contribution is 2.45. The molecule has 27 heavy (non-hydrogen) atoms. The maximum atomic E-state index is 13.4. The molecule has 4 rings (SSSR count). The number of fused-ring (bicyclic) bond motifs is 1. The van der Waals surface area contributed by atoms with Gasteiger partial charge in [-0.3, -0.25) is 9.78 Å². The molecule has 0 bridgehead atoms. The molecule has 6 nitrogen and oxygen atoms in total. The minimum Gasteiger partial charge on any atom is -0.480 e. The van der Waals surface area contributed by atoms with Crippen LogP contribution in [0.15, 0.2) is 55.1 Å². The Labute approximate surface area is 157 Å². The zero-order chi connectivity index (χ0) is 18.8. The van der Waals surface area contributed by atoms with Gasteiger partial charge in [-0.05, 0) is 35.4 Å². The molecule has 3 aromatic heterocycles. The molecule has 0 atom stereocenters. The molecule has 8 heteroatoms. The fourth-order valence-electron chi connectivity index (χ4n) is 2.83. The van der Waals surface area contributed by atoms with Gasteiger partial charge in [0.25, 0.3) is 0 Å². The van der Waals surface area contributed by atoms with E-state index in [1.165, 1.54) is 29.8 Å². The first-order valence-electron chi connectivity index (χ1n) is 8.03. The number of carboxylic acid groups (broad SMARTS) is 1. The number of thiophene rings is 1. The van der Waals surface area contributed by atoms with Gasteiger partial charge in [-0.2, -0.15) is 0 Å². The Bertz CT molecular complexity index is 1110. The van der Waals surface area contributed by atoms with Crippen LogP contribution in [0.1, 0.15) is 0 Å². The van der Waals surface area contributed by atoms with E-state index in [9.17, 15) is 9.18 Å². The lowest BCUT2D eigenvalue weighted by Gasteiger charge is -2.08. The van der Waals surface area contributed by atoms with Gasteiger partial charge >= 0.3 is 5.97 Å². The standard InChI is InChI=1S/C19H13FN4O2S/c20-13-3-1-11(2-4-13)15-16-18(22-9-14(25)26)23-10-24-19(16)27-17(15)12-5-7-21-8-6-12/h1-8,10H,9H2,(H,25,26)(H,22,23,24). The molecule has 0 aliphatic rings. The maximum absolute atomic E-state index is 13.4. The van der Waals surface area contributed by atoms with Crippen molar-refractivity contribution < 1.29 is 14.3 Å². The first kappa shape index (κ1) is 17.0. The first-order chi connectivity index (χ1) is 13.1. The third-order valence-corrected chi connectivity index (χ3v) is 5.12. The highest BCUT2D eigenvalue weighted by Gasteiger charge is 2.20. The van der Waals surface area contributed by atoms with Gasteiger partial charge in [-0.1, -0.05) is 12.1 Å². The van der Waals surface area contributed by atoms with Crippen molar-refractivity contribution in [3.8, 4) is 21.6 Å². The van der Waals surface area contributed by atoms with E-state index in [0.717, 1.165) is 21.6 Å². The van der Waals surface area contributed by atoms with E-state index in [1.807, 2.05) is 12.1 Å². The lowest BCUT2D eigenvalue weighted by atomic mass is 10.00. The number of carboxylic acids is 1. The number of benzene rings is 1. The van der Waals surface area contributed by atoms with Crippen molar-refractivity contribution in [2.75, 3.05) is 11.9 Å². The number of hydrogen-bond donors (Lipinski definition) is 2. The van der Waals surface area contributed by atoms with Crippen LogP contribution < -0.4 is 5.32 Å². The second-order valence-electron chi connectivity index (χ2n) is 5.70. The van der Waals surface area contributed by atoms with Gasteiger partial charge in [-0.25, -0.2) is 14.4 Å². The fraction of sp³-hybridized carbons (Fsp3) is 0.0526. The largest absolute Gasteiger partial charge is 0.480 e. The molecular weight excluding hydrogens is 367 g/mol. The average molecular weight is 380 g/mol. The van der Waals surface area contributed by atoms with Crippen LogP contribution in [0.3, 0.4) is 0 Å². The van der Waals surface area contributed by atoms with Crippen LogP contribution in [0.2, 0.25) is 0 Å². The van der Waals surface area contributed by atoms with Crippen LogP contribution in [-0.2, 0) is 4.79 Å². The molecule has 134 valence electrons. The first-order valence-corrected chi connectivity index (χ1v) is 8.84. The summed E-state index contributed by atoms with van der Waals surface area (Å²) in [6, 6.07) is 9.93. The molecule has 0 unspecified atom stereocenters. The van der Waals surface area contributed by atoms with E-state index >= 15 is 0 Å². The van der Waals surface area contributed by atoms with Gasteiger partial charge in [0.15, 0.2) is 0 Å². The summed E-state index contributed by atoms with van der Waals surface area (Å²) in [5, 5.41) is 12.5. The van der Waals surface area contributed by atoms with Crippen molar-refractivity contribution >= 4 is 33.3 Å². The van der Waals surface area contributed by atoms with Crippen LogP contribution >= 0.6 is 11.3 Å². The van der Waals surface area contributed by atoms with Gasteiger partial charge in [0.05, 0.1) is 5.39 Å². The van der Waals surface area contributed by atoms with E-state index < -0.39 is 5.97 Å². The Balaban J connectivity index is 2.00. The van der Waals surface area contributed by atoms with E-state index in [0.29, 0.717) is 16.0 Å². The summed E-state index contributed by atoms with van der Waals surface area (Å²) in [4.78, 5) is 25.2. The summed E-state index contributed by atoms with van der Waals surface area (Å²) < 4.78 is 13.4. The number of carbonyl (C=O) groups is 1.